The van der Waals surface area contributed by atoms with Crippen LogP contribution >= 0.6 is 0 Å². The lowest BCUT2D eigenvalue weighted by Gasteiger charge is -2.22. The van der Waals surface area contributed by atoms with Crippen molar-refractivity contribution in [3.8, 4) is 0 Å². The molecular formula is C34H55NO. The highest BCUT2D eigenvalue weighted by molar-refractivity contribution is 5.96. The summed E-state index contributed by atoms with van der Waals surface area (Å²) >= 11 is 0. The van der Waals surface area contributed by atoms with E-state index in [1.807, 2.05) is 0 Å². The highest BCUT2D eigenvalue weighted by Gasteiger charge is 2.20. The SMILES string of the molecule is CC(C(=O)N/C1=C/CCCCCCCC1)=C(/C1=C/CCCCCCCC1)/C1=C/CCCCCCCC1. The van der Waals surface area contributed by atoms with Gasteiger partial charge >= 0.3 is 0 Å². The minimum absolute atomic E-state index is 0.143. The minimum atomic E-state index is 0.143. The van der Waals surface area contributed by atoms with Crippen molar-refractivity contribution < 1.29 is 4.79 Å². The number of hydrogen-bond donors (Lipinski definition) is 1. The molecule has 0 unspecified atom stereocenters. The molecule has 202 valence electrons. The Balaban J connectivity index is 1.90. The topological polar surface area (TPSA) is 29.1 Å². The van der Waals surface area contributed by atoms with Crippen molar-refractivity contribution in [3.63, 3.8) is 0 Å². The van der Waals surface area contributed by atoms with E-state index in [4.69, 9.17) is 0 Å². The number of carbonyl (C=O) groups is 1. The molecule has 0 aromatic rings. The Morgan fingerprint density at radius 1 is 0.528 bits per heavy atom. The largest absolute Gasteiger partial charge is 0.326 e. The third-order valence-electron chi connectivity index (χ3n) is 8.50. The molecule has 0 aromatic carbocycles. The summed E-state index contributed by atoms with van der Waals surface area (Å²) in [5.74, 6) is 0.143. The van der Waals surface area contributed by atoms with Gasteiger partial charge in [0.15, 0.2) is 0 Å². The van der Waals surface area contributed by atoms with Crippen molar-refractivity contribution in [2.24, 2.45) is 0 Å². The zero-order valence-electron chi connectivity index (χ0n) is 23.6. The number of amides is 1. The molecule has 1 amide bonds. The molecule has 0 saturated carbocycles. The van der Waals surface area contributed by atoms with Crippen molar-refractivity contribution in [1.82, 2.24) is 5.32 Å². The summed E-state index contributed by atoms with van der Waals surface area (Å²) in [7, 11) is 0. The van der Waals surface area contributed by atoms with Crippen LogP contribution in [0, 0.1) is 0 Å². The number of nitrogens with one attached hydrogen (secondary N) is 1. The van der Waals surface area contributed by atoms with E-state index in [1.54, 1.807) is 0 Å². The Labute approximate surface area is 223 Å². The van der Waals surface area contributed by atoms with Crippen LogP contribution in [-0.4, -0.2) is 5.91 Å². The first-order chi connectivity index (χ1) is 17.8. The Kier molecular flexibility index (Phi) is 14.3. The number of rotatable bonds is 4. The fraction of sp³-hybridized carbons (Fsp3) is 0.735. The molecule has 0 saturated heterocycles. The molecule has 0 aromatic heterocycles. The molecule has 0 bridgehead atoms. The molecule has 0 atom stereocenters. The Morgan fingerprint density at radius 2 is 0.917 bits per heavy atom. The van der Waals surface area contributed by atoms with Crippen LogP contribution in [0.3, 0.4) is 0 Å². The first-order valence-corrected chi connectivity index (χ1v) is 15.9. The lowest BCUT2D eigenvalue weighted by molar-refractivity contribution is -0.116. The second-order valence-electron chi connectivity index (χ2n) is 11.6. The normalized spacial score (nSPS) is 26.5. The zero-order valence-corrected chi connectivity index (χ0v) is 23.6. The second-order valence-corrected chi connectivity index (χ2v) is 11.6. The van der Waals surface area contributed by atoms with Gasteiger partial charge in [0.1, 0.15) is 0 Å². The fourth-order valence-corrected chi connectivity index (χ4v) is 6.24. The van der Waals surface area contributed by atoms with Gasteiger partial charge in [0.05, 0.1) is 0 Å². The first-order valence-electron chi connectivity index (χ1n) is 15.9. The van der Waals surface area contributed by atoms with Crippen molar-refractivity contribution in [2.45, 2.75) is 161 Å². The number of hydrogen-bond acceptors (Lipinski definition) is 1. The monoisotopic (exact) mass is 493 g/mol. The van der Waals surface area contributed by atoms with Gasteiger partial charge in [0.25, 0.3) is 5.91 Å². The third kappa shape index (κ3) is 10.8. The van der Waals surface area contributed by atoms with Gasteiger partial charge in [-0.05, 0) is 101 Å². The van der Waals surface area contributed by atoms with Gasteiger partial charge in [-0.1, -0.05) is 95.3 Å². The molecular weight excluding hydrogens is 438 g/mol. The van der Waals surface area contributed by atoms with Gasteiger partial charge in [-0.15, -0.1) is 0 Å². The number of carbonyl (C=O) groups excluding carboxylic acids is 1. The highest BCUT2D eigenvalue weighted by Crippen LogP contribution is 2.34. The molecule has 0 spiro atoms. The van der Waals surface area contributed by atoms with Gasteiger partial charge in [-0.25, -0.2) is 0 Å². The van der Waals surface area contributed by atoms with Crippen molar-refractivity contribution in [1.29, 1.82) is 0 Å². The molecule has 0 aliphatic heterocycles. The van der Waals surface area contributed by atoms with E-state index in [0.717, 1.165) is 44.1 Å². The Morgan fingerprint density at radius 3 is 1.42 bits per heavy atom. The van der Waals surface area contributed by atoms with Crippen LogP contribution in [-0.2, 0) is 4.79 Å². The van der Waals surface area contributed by atoms with E-state index in [1.165, 1.54) is 138 Å². The first kappa shape index (κ1) is 29.0. The van der Waals surface area contributed by atoms with Crippen molar-refractivity contribution in [3.05, 3.63) is 46.2 Å². The van der Waals surface area contributed by atoms with Crippen LogP contribution in [0.5, 0.6) is 0 Å². The Bertz CT molecular complexity index is 745. The van der Waals surface area contributed by atoms with E-state index in [2.05, 4.69) is 30.5 Å². The van der Waals surface area contributed by atoms with Gasteiger partial charge in [-0.2, -0.15) is 0 Å². The van der Waals surface area contributed by atoms with Crippen LogP contribution in [0.1, 0.15) is 161 Å². The van der Waals surface area contributed by atoms with E-state index in [-0.39, 0.29) is 5.91 Å². The molecule has 2 nitrogen and oxygen atoms in total. The molecule has 3 aliphatic carbocycles. The van der Waals surface area contributed by atoms with E-state index in [9.17, 15) is 4.79 Å². The fourth-order valence-electron chi connectivity index (χ4n) is 6.24. The average molecular weight is 494 g/mol. The molecule has 3 aliphatic rings. The number of allylic oxidation sites excluding steroid dienone is 7. The van der Waals surface area contributed by atoms with Crippen LogP contribution in [0.4, 0.5) is 0 Å². The maximum Gasteiger partial charge on any atom is 0.251 e. The van der Waals surface area contributed by atoms with Gasteiger partial charge in [-0.3, -0.25) is 4.79 Å². The molecule has 3 rings (SSSR count). The summed E-state index contributed by atoms with van der Waals surface area (Å²) < 4.78 is 0. The van der Waals surface area contributed by atoms with Gasteiger partial charge < -0.3 is 5.32 Å². The van der Waals surface area contributed by atoms with Gasteiger partial charge in [0, 0.05) is 11.3 Å². The van der Waals surface area contributed by atoms with Crippen LogP contribution in [0.25, 0.3) is 0 Å². The zero-order chi connectivity index (χ0) is 25.3. The van der Waals surface area contributed by atoms with E-state index >= 15 is 0 Å². The summed E-state index contributed by atoms with van der Waals surface area (Å²) in [6.45, 7) is 2.12. The van der Waals surface area contributed by atoms with E-state index in [0.29, 0.717) is 0 Å². The van der Waals surface area contributed by atoms with Crippen LogP contribution in [0.15, 0.2) is 46.2 Å². The highest BCUT2D eigenvalue weighted by atomic mass is 16.1. The summed E-state index contributed by atoms with van der Waals surface area (Å²) in [5, 5.41) is 3.40. The molecule has 36 heavy (non-hydrogen) atoms. The molecule has 0 radical (unpaired) electrons. The minimum Gasteiger partial charge on any atom is -0.326 e. The smallest absolute Gasteiger partial charge is 0.251 e. The second kappa shape index (κ2) is 17.8. The third-order valence-corrected chi connectivity index (χ3v) is 8.50. The average Bonchev–Trinajstić information content (AvgIpc) is 2.90. The lowest BCUT2D eigenvalue weighted by atomic mass is 9.84. The van der Waals surface area contributed by atoms with Crippen LogP contribution < -0.4 is 5.32 Å². The summed E-state index contributed by atoms with van der Waals surface area (Å²) in [6, 6.07) is 0. The van der Waals surface area contributed by atoms with Crippen molar-refractivity contribution >= 4 is 5.91 Å². The molecule has 1 N–H and O–H groups in total. The summed E-state index contributed by atoms with van der Waals surface area (Å²) in [5.41, 5.74) is 6.37. The molecule has 2 heteroatoms. The maximum absolute atomic E-state index is 13.8. The standard InChI is InChI=1S/C34H55NO/c1-29(34(36)35-32-27-21-15-9-4-10-16-22-28-32)33(30-23-17-11-5-2-6-12-18-24-30)31-25-19-13-7-3-8-14-20-26-31/h23,25,27H,2-22,24,26,28H2,1H3,(H,35,36)/b30-23+,31-25+,32-27+. The lowest BCUT2D eigenvalue weighted by Crippen LogP contribution is -2.25. The van der Waals surface area contributed by atoms with Crippen molar-refractivity contribution in [2.75, 3.05) is 0 Å². The maximum atomic E-state index is 13.8. The Hall–Kier alpha value is -1.57. The predicted molar refractivity (Wildman–Crippen MR) is 156 cm³/mol. The molecule has 0 heterocycles. The molecule has 0 fully saturated rings. The summed E-state index contributed by atoms with van der Waals surface area (Å²) in [6.07, 6.45) is 37.7. The summed E-state index contributed by atoms with van der Waals surface area (Å²) in [4.78, 5) is 13.8. The van der Waals surface area contributed by atoms with Gasteiger partial charge in [0.2, 0.25) is 0 Å². The van der Waals surface area contributed by atoms with E-state index < -0.39 is 0 Å². The predicted octanol–water partition coefficient (Wildman–Crippen LogP) is 10.6. The quantitative estimate of drug-likeness (QED) is 0.388. The van der Waals surface area contributed by atoms with Crippen LogP contribution in [0.2, 0.25) is 0 Å².